The summed E-state index contributed by atoms with van der Waals surface area (Å²) in [5.74, 6) is 0.731. The first-order chi connectivity index (χ1) is 8.19. The number of rotatable bonds is 3. The van der Waals surface area contributed by atoms with Gasteiger partial charge in [-0.3, -0.25) is 0 Å². The van der Waals surface area contributed by atoms with Crippen LogP contribution in [-0.4, -0.2) is 9.97 Å². The van der Waals surface area contributed by atoms with Gasteiger partial charge in [0.15, 0.2) is 0 Å². The van der Waals surface area contributed by atoms with Crippen LogP contribution in [0.2, 0.25) is 0 Å². The molecule has 0 aromatic carbocycles. The van der Waals surface area contributed by atoms with Gasteiger partial charge in [-0.15, -0.1) is 11.3 Å². The smallest absolute Gasteiger partial charge is 0.127 e. The zero-order valence-corrected chi connectivity index (χ0v) is 10.5. The predicted octanol–water partition coefficient (Wildman–Crippen LogP) is 2.64. The number of anilines is 1. The van der Waals surface area contributed by atoms with E-state index in [1.165, 1.54) is 4.88 Å². The van der Waals surface area contributed by atoms with Crippen molar-refractivity contribution in [2.45, 2.75) is 20.4 Å². The summed E-state index contributed by atoms with van der Waals surface area (Å²) in [4.78, 5) is 9.71. The van der Waals surface area contributed by atoms with Crippen molar-refractivity contribution >= 4 is 17.2 Å². The standard InChI is InChI=1S/C12H12N4S/c1-8-3-10(5-13)4-12(16-8)14-6-11-9(2)15-7-17-11/h3-4,7H,6H2,1-2H3,(H,14,16). The van der Waals surface area contributed by atoms with Crippen molar-refractivity contribution in [3.05, 3.63) is 39.5 Å². The lowest BCUT2D eigenvalue weighted by atomic mass is 10.2. The van der Waals surface area contributed by atoms with Crippen LogP contribution in [0.25, 0.3) is 0 Å². The Bertz CT molecular complexity index is 568. The fraction of sp³-hybridized carbons (Fsp3) is 0.250. The number of thiazole rings is 1. The molecule has 2 rings (SSSR count). The largest absolute Gasteiger partial charge is 0.365 e. The van der Waals surface area contributed by atoms with Crippen LogP contribution in [0.3, 0.4) is 0 Å². The zero-order chi connectivity index (χ0) is 12.3. The molecule has 0 amide bonds. The maximum atomic E-state index is 8.87. The molecule has 0 fully saturated rings. The number of nitrogens with zero attached hydrogens (tertiary/aromatic N) is 3. The third-order valence-corrected chi connectivity index (χ3v) is 3.29. The van der Waals surface area contributed by atoms with Crippen LogP contribution in [0.15, 0.2) is 17.6 Å². The molecule has 0 aliphatic carbocycles. The third-order valence-electron chi connectivity index (χ3n) is 2.36. The monoisotopic (exact) mass is 244 g/mol. The van der Waals surface area contributed by atoms with E-state index in [1.54, 1.807) is 23.5 Å². The van der Waals surface area contributed by atoms with E-state index in [2.05, 4.69) is 21.4 Å². The summed E-state index contributed by atoms with van der Waals surface area (Å²) < 4.78 is 0. The molecule has 0 bridgehead atoms. The van der Waals surface area contributed by atoms with E-state index in [0.717, 1.165) is 17.2 Å². The molecule has 0 atom stereocenters. The van der Waals surface area contributed by atoms with Crippen LogP contribution < -0.4 is 5.32 Å². The number of hydrogen-bond acceptors (Lipinski definition) is 5. The maximum Gasteiger partial charge on any atom is 0.127 e. The topological polar surface area (TPSA) is 61.6 Å². The van der Waals surface area contributed by atoms with Crippen LogP contribution in [0.1, 0.15) is 21.8 Å². The van der Waals surface area contributed by atoms with Crippen molar-refractivity contribution in [2.75, 3.05) is 5.32 Å². The Labute approximate surface area is 104 Å². The Kier molecular flexibility index (Phi) is 3.35. The van der Waals surface area contributed by atoms with Gasteiger partial charge in [-0.2, -0.15) is 5.26 Å². The van der Waals surface area contributed by atoms with Crippen molar-refractivity contribution in [3.8, 4) is 6.07 Å². The Balaban J connectivity index is 2.12. The molecule has 0 unspecified atom stereocenters. The van der Waals surface area contributed by atoms with Gasteiger partial charge in [0.05, 0.1) is 29.4 Å². The van der Waals surface area contributed by atoms with Crippen LogP contribution in [0.4, 0.5) is 5.82 Å². The van der Waals surface area contributed by atoms with Gasteiger partial charge in [0.1, 0.15) is 5.82 Å². The SMILES string of the molecule is Cc1cc(C#N)cc(NCc2scnc2C)n1. The Hall–Kier alpha value is -1.93. The lowest BCUT2D eigenvalue weighted by Crippen LogP contribution is -2.02. The van der Waals surface area contributed by atoms with Crippen LogP contribution in [0.5, 0.6) is 0 Å². The van der Waals surface area contributed by atoms with Crippen LogP contribution >= 0.6 is 11.3 Å². The van der Waals surface area contributed by atoms with Crippen molar-refractivity contribution in [1.29, 1.82) is 5.26 Å². The number of nitriles is 1. The molecular weight excluding hydrogens is 232 g/mol. The average molecular weight is 244 g/mol. The molecule has 0 aliphatic rings. The first-order valence-electron chi connectivity index (χ1n) is 5.20. The van der Waals surface area contributed by atoms with Crippen molar-refractivity contribution in [2.24, 2.45) is 0 Å². The quantitative estimate of drug-likeness (QED) is 0.901. The number of pyridine rings is 1. The van der Waals surface area contributed by atoms with Crippen molar-refractivity contribution < 1.29 is 0 Å². The Morgan fingerprint density at radius 3 is 2.88 bits per heavy atom. The van der Waals surface area contributed by atoms with Crippen molar-refractivity contribution in [3.63, 3.8) is 0 Å². The minimum atomic E-state index is 0.626. The van der Waals surface area contributed by atoms with E-state index in [4.69, 9.17) is 5.26 Å². The molecule has 2 heterocycles. The van der Waals surface area contributed by atoms with Gasteiger partial charge in [-0.25, -0.2) is 9.97 Å². The molecule has 2 aromatic rings. The summed E-state index contributed by atoms with van der Waals surface area (Å²) >= 11 is 1.62. The van der Waals surface area contributed by atoms with Gasteiger partial charge in [-0.05, 0) is 26.0 Å². The van der Waals surface area contributed by atoms with Gasteiger partial charge in [-0.1, -0.05) is 0 Å². The molecule has 0 spiro atoms. The lowest BCUT2D eigenvalue weighted by Gasteiger charge is -2.05. The maximum absolute atomic E-state index is 8.87. The van der Waals surface area contributed by atoms with E-state index in [1.807, 2.05) is 19.4 Å². The van der Waals surface area contributed by atoms with E-state index in [-0.39, 0.29) is 0 Å². The lowest BCUT2D eigenvalue weighted by molar-refractivity contribution is 1.08. The number of hydrogen-bond donors (Lipinski definition) is 1. The molecule has 0 saturated carbocycles. The van der Waals surface area contributed by atoms with Gasteiger partial charge in [0.2, 0.25) is 0 Å². The Morgan fingerprint density at radius 1 is 1.41 bits per heavy atom. The molecule has 0 radical (unpaired) electrons. The highest BCUT2D eigenvalue weighted by atomic mass is 32.1. The highest BCUT2D eigenvalue weighted by molar-refractivity contribution is 7.09. The normalized spacial score (nSPS) is 9.94. The number of aryl methyl sites for hydroxylation is 2. The fourth-order valence-corrected chi connectivity index (χ4v) is 2.21. The van der Waals surface area contributed by atoms with Crippen LogP contribution in [-0.2, 0) is 6.54 Å². The van der Waals surface area contributed by atoms with E-state index >= 15 is 0 Å². The molecule has 0 aliphatic heterocycles. The van der Waals surface area contributed by atoms with E-state index < -0.39 is 0 Å². The summed E-state index contributed by atoms with van der Waals surface area (Å²) in [6.45, 7) is 4.56. The first-order valence-corrected chi connectivity index (χ1v) is 6.08. The minimum absolute atomic E-state index is 0.626. The predicted molar refractivity (Wildman–Crippen MR) is 67.9 cm³/mol. The van der Waals surface area contributed by atoms with Gasteiger partial charge < -0.3 is 5.32 Å². The van der Waals surface area contributed by atoms with Gasteiger partial charge >= 0.3 is 0 Å². The number of nitrogens with one attached hydrogen (secondary N) is 1. The molecule has 1 N–H and O–H groups in total. The van der Waals surface area contributed by atoms with E-state index in [0.29, 0.717) is 12.1 Å². The summed E-state index contributed by atoms with van der Waals surface area (Å²) in [7, 11) is 0. The summed E-state index contributed by atoms with van der Waals surface area (Å²) in [5.41, 5.74) is 4.33. The fourth-order valence-electron chi connectivity index (χ4n) is 1.49. The Morgan fingerprint density at radius 2 is 2.24 bits per heavy atom. The second-order valence-corrected chi connectivity index (χ2v) is 4.65. The second-order valence-electron chi connectivity index (χ2n) is 3.71. The summed E-state index contributed by atoms with van der Waals surface area (Å²) in [6, 6.07) is 5.64. The zero-order valence-electron chi connectivity index (χ0n) is 9.69. The highest BCUT2D eigenvalue weighted by Gasteiger charge is 2.03. The molecule has 0 saturated heterocycles. The highest BCUT2D eigenvalue weighted by Crippen LogP contribution is 2.15. The van der Waals surface area contributed by atoms with Gasteiger partial charge in [0.25, 0.3) is 0 Å². The number of aromatic nitrogens is 2. The van der Waals surface area contributed by atoms with Crippen LogP contribution in [0, 0.1) is 25.2 Å². The average Bonchev–Trinajstić information content (AvgIpc) is 2.71. The van der Waals surface area contributed by atoms with E-state index in [9.17, 15) is 0 Å². The minimum Gasteiger partial charge on any atom is -0.365 e. The third kappa shape index (κ3) is 2.80. The molecule has 4 nitrogen and oxygen atoms in total. The molecular formula is C12H12N4S. The molecule has 5 heteroatoms. The molecule has 17 heavy (non-hydrogen) atoms. The first kappa shape index (κ1) is 11.6. The second kappa shape index (κ2) is 4.93. The summed E-state index contributed by atoms with van der Waals surface area (Å²) in [6.07, 6.45) is 0. The van der Waals surface area contributed by atoms with Crippen molar-refractivity contribution in [1.82, 2.24) is 9.97 Å². The summed E-state index contributed by atoms with van der Waals surface area (Å²) in [5, 5.41) is 12.1. The van der Waals surface area contributed by atoms with Gasteiger partial charge in [0, 0.05) is 10.6 Å². The molecule has 2 aromatic heterocycles. The molecule has 86 valence electrons.